The highest BCUT2D eigenvalue weighted by Gasteiger charge is 2.35. The fourth-order valence-electron chi connectivity index (χ4n) is 3.74. The van der Waals surface area contributed by atoms with E-state index in [-0.39, 0.29) is 12.5 Å². The van der Waals surface area contributed by atoms with E-state index in [4.69, 9.17) is 19.9 Å². The number of phenols is 1. The molecule has 10 heteroatoms. The Morgan fingerprint density at radius 3 is 2.62 bits per heavy atom. The van der Waals surface area contributed by atoms with Gasteiger partial charge in [0.05, 0.1) is 11.4 Å². The molecule has 3 aromatic carbocycles. The SMILES string of the molecule is CC(C)(/C=C/C(=O)Nc1ccccc1N)[C@H](OC(=O)Nc1ccc2c(c1)OCO2)c1cc(Br)ccc1O. The number of nitrogen functional groups attached to an aromatic ring is 1. The maximum Gasteiger partial charge on any atom is 0.412 e. The molecule has 0 unspecified atom stereocenters. The molecule has 5 N–H and O–H groups in total. The van der Waals surface area contributed by atoms with Gasteiger partial charge in [0.15, 0.2) is 11.5 Å². The van der Waals surface area contributed by atoms with Crippen LogP contribution >= 0.6 is 15.9 Å². The first-order valence-corrected chi connectivity index (χ1v) is 12.1. The van der Waals surface area contributed by atoms with Crippen LogP contribution < -0.4 is 25.8 Å². The smallest absolute Gasteiger partial charge is 0.412 e. The van der Waals surface area contributed by atoms with Crippen LogP contribution in [0.3, 0.4) is 0 Å². The number of carbonyl (C=O) groups excluding carboxylic acids is 2. The number of nitrogens with one attached hydrogen (secondary N) is 2. The number of phenolic OH excluding ortho intramolecular Hbond substituents is 1. The van der Waals surface area contributed by atoms with E-state index >= 15 is 0 Å². The second-order valence-corrected chi connectivity index (χ2v) is 9.83. The Morgan fingerprint density at radius 1 is 1.08 bits per heavy atom. The summed E-state index contributed by atoms with van der Waals surface area (Å²) in [5, 5.41) is 16.0. The number of halogens is 1. The highest BCUT2D eigenvalue weighted by Crippen LogP contribution is 2.43. The summed E-state index contributed by atoms with van der Waals surface area (Å²) in [6.07, 6.45) is 1.23. The first-order chi connectivity index (χ1) is 17.6. The molecule has 0 saturated carbocycles. The number of hydrogen-bond donors (Lipinski definition) is 4. The molecule has 0 fully saturated rings. The minimum absolute atomic E-state index is 0.0629. The predicted octanol–water partition coefficient (Wildman–Crippen LogP) is 5.98. The van der Waals surface area contributed by atoms with Crippen LogP contribution in [0.1, 0.15) is 25.5 Å². The van der Waals surface area contributed by atoms with Gasteiger partial charge < -0.3 is 30.4 Å². The highest BCUT2D eigenvalue weighted by molar-refractivity contribution is 9.10. The molecule has 0 radical (unpaired) electrons. The van der Waals surface area contributed by atoms with E-state index in [0.717, 1.165) is 0 Å². The van der Waals surface area contributed by atoms with E-state index in [0.29, 0.717) is 38.6 Å². The Morgan fingerprint density at radius 2 is 1.84 bits per heavy atom. The molecule has 4 rings (SSSR count). The summed E-state index contributed by atoms with van der Waals surface area (Å²) in [6.45, 7) is 3.68. The number of ether oxygens (including phenoxy) is 3. The van der Waals surface area contributed by atoms with Crippen molar-refractivity contribution in [3.63, 3.8) is 0 Å². The predicted molar refractivity (Wildman–Crippen MR) is 144 cm³/mol. The van der Waals surface area contributed by atoms with E-state index in [9.17, 15) is 14.7 Å². The minimum Gasteiger partial charge on any atom is -0.508 e. The van der Waals surface area contributed by atoms with Crippen LogP contribution in [0.2, 0.25) is 0 Å². The van der Waals surface area contributed by atoms with Crippen LogP contribution in [-0.2, 0) is 9.53 Å². The van der Waals surface area contributed by atoms with Gasteiger partial charge in [0, 0.05) is 27.2 Å². The number of rotatable bonds is 7. The fraction of sp³-hybridized carbons (Fsp3) is 0.185. The van der Waals surface area contributed by atoms with Gasteiger partial charge in [-0.2, -0.15) is 0 Å². The lowest BCUT2D eigenvalue weighted by molar-refractivity contribution is -0.112. The van der Waals surface area contributed by atoms with Gasteiger partial charge >= 0.3 is 6.09 Å². The molecule has 1 aliphatic rings. The number of benzene rings is 3. The maximum atomic E-state index is 12.9. The molecule has 1 atom stereocenters. The van der Waals surface area contributed by atoms with Gasteiger partial charge in [0.2, 0.25) is 12.7 Å². The third-order valence-electron chi connectivity index (χ3n) is 5.67. The Kier molecular flexibility index (Phi) is 7.58. The molecule has 0 spiro atoms. The van der Waals surface area contributed by atoms with Crippen molar-refractivity contribution in [1.29, 1.82) is 0 Å². The summed E-state index contributed by atoms with van der Waals surface area (Å²) >= 11 is 3.40. The van der Waals surface area contributed by atoms with Gasteiger partial charge in [-0.05, 0) is 48.5 Å². The summed E-state index contributed by atoms with van der Waals surface area (Å²) in [6, 6.07) is 16.7. The molecule has 2 amide bonds. The Balaban J connectivity index is 1.55. The van der Waals surface area contributed by atoms with Gasteiger partial charge in [0.1, 0.15) is 11.9 Å². The van der Waals surface area contributed by atoms with Crippen LogP contribution in [0.25, 0.3) is 0 Å². The molecule has 3 aromatic rings. The van der Waals surface area contributed by atoms with Gasteiger partial charge in [-0.1, -0.05) is 48.0 Å². The van der Waals surface area contributed by atoms with E-state index < -0.39 is 23.5 Å². The zero-order valence-corrected chi connectivity index (χ0v) is 21.7. The number of nitrogens with two attached hydrogens (primary N) is 1. The fourth-order valence-corrected chi connectivity index (χ4v) is 4.12. The average Bonchev–Trinajstić information content (AvgIpc) is 3.32. The normalized spacial score (nSPS) is 13.3. The van der Waals surface area contributed by atoms with Crippen molar-refractivity contribution in [2.75, 3.05) is 23.2 Å². The van der Waals surface area contributed by atoms with E-state index in [2.05, 4.69) is 26.6 Å². The van der Waals surface area contributed by atoms with Crippen LogP contribution in [0.15, 0.2) is 77.3 Å². The third kappa shape index (κ3) is 6.34. The molecule has 192 valence electrons. The quantitative estimate of drug-likeness (QED) is 0.204. The van der Waals surface area contributed by atoms with Crippen molar-refractivity contribution < 1.29 is 28.9 Å². The summed E-state index contributed by atoms with van der Waals surface area (Å²) in [5.74, 6) is 0.616. The molecular formula is C27H26BrN3O6. The van der Waals surface area contributed by atoms with E-state index in [1.165, 1.54) is 12.1 Å². The Labute approximate surface area is 222 Å². The standard InChI is InChI=1S/C27H26BrN3O6/c1-27(2,12-11-24(33)31-20-6-4-3-5-19(20)29)25(18-13-16(28)7-9-21(18)32)37-26(34)30-17-8-10-22-23(14-17)36-15-35-22/h3-14,25,32H,15,29H2,1-2H3,(H,30,34)(H,31,33)/b12-11+/t25-/m1/s1. The van der Waals surface area contributed by atoms with E-state index in [1.807, 2.05) is 0 Å². The molecule has 0 aromatic heterocycles. The number of hydrogen-bond acceptors (Lipinski definition) is 7. The van der Waals surface area contributed by atoms with Crippen LogP contribution in [0.5, 0.6) is 17.2 Å². The summed E-state index contributed by atoms with van der Waals surface area (Å²) in [7, 11) is 0. The maximum absolute atomic E-state index is 12.9. The lowest BCUT2D eigenvalue weighted by Gasteiger charge is -2.32. The summed E-state index contributed by atoms with van der Waals surface area (Å²) in [5.41, 5.74) is 6.70. The van der Waals surface area contributed by atoms with Gasteiger partial charge in [-0.3, -0.25) is 10.1 Å². The number of anilines is 3. The largest absolute Gasteiger partial charge is 0.508 e. The van der Waals surface area contributed by atoms with Crippen molar-refractivity contribution in [1.82, 2.24) is 0 Å². The molecule has 0 aliphatic carbocycles. The van der Waals surface area contributed by atoms with Gasteiger partial charge in [0.25, 0.3) is 0 Å². The first kappa shape index (κ1) is 25.9. The number of carbonyl (C=O) groups is 2. The monoisotopic (exact) mass is 567 g/mol. The summed E-state index contributed by atoms with van der Waals surface area (Å²) in [4.78, 5) is 25.5. The Bertz CT molecular complexity index is 1360. The molecule has 0 saturated heterocycles. The van der Waals surface area contributed by atoms with Crippen LogP contribution in [0, 0.1) is 5.41 Å². The van der Waals surface area contributed by atoms with Crippen molar-refractivity contribution in [3.05, 3.63) is 82.9 Å². The van der Waals surface area contributed by atoms with Crippen molar-refractivity contribution in [2.24, 2.45) is 5.41 Å². The average molecular weight is 568 g/mol. The number of aromatic hydroxyl groups is 1. The van der Waals surface area contributed by atoms with Crippen LogP contribution in [0.4, 0.5) is 21.9 Å². The Hall–Kier alpha value is -4.18. The van der Waals surface area contributed by atoms with Crippen molar-refractivity contribution >= 4 is 45.0 Å². The molecular weight excluding hydrogens is 542 g/mol. The molecule has 9 nitrogen and oxygen atoms in total. The van der Waals surface area contributed by atoms with Gasteiger partial charge in [-0.25, -0.2) is 4.79 Å². The first-order valence-electron chi connectivity index (χ1n) is 11.3. The molecule has 37 heavy (non-hydrogen) atoms. The van der Waals surface area contributed by atoms with Crippen LogP contribution in [-0.4, -0.2) is 23.9 Å². The highest BCUT2D eigenvalue weighted by atomic mass is 79.9. The molecule has 1 aliphatic heterocycles. The molecule has 0 bridgehead atoms. The minimum atomic E-state index is -0.968. The molecule has 1 heterocycles. The van der Waals surface area contributed by atoms with Gasteiger partial charge in [-0.15, -0.1) is 0 Å². The topological polar surface area (TPSA) is 132 Å². The zero-order chi connectivity index (χ0) is 26.6. The lowest BCUT2D eigenvalue weighted by Crippen LogP contribution is -2.28. The number of amides is 2. The zero-order valence-electron chi connectivity index (χ0n) is 20.2. The van der Waals surface area contributed by atoms with Crippen molar-refractivity contribution in [2.45, 2.75) is 20.0 Å². The second kappa shape index (κ2) is 10.8. The number of fused-ring (bicyclic) bond motifs is 1. The third-order valence-corrected chi connectivity index (χ3v) is 6.17. The van der Waals surface area contributed by atoms with E-state index in [1.54, 1.807) is 74.5 Å². The number of para-hydroxylation sites is 2. The summed E-state index contributed by atoms with van der Waals surface area (Å²) < 4.78 is 17.2. The second-order valence-electron chi connectivity index (χ2n) is 8.91. The van der Waals surface area contributed by atoms with Crippen molar-refractivity contribution in [3.8, 4) is 17.2 Å². The lowest BCUT2D eigenvalue weighted by atomic mass is 9.81.